The van der Waals surface area contributed by atoms with Crippen LogP contribution in [-0.2, 0) is 0 Å². The van der Waals surface area contributed by atoms with Gasteiger partial charge in [-0.1, -0.05) is 36.4 Å². The second-order valence-corrected chi connectivity index (χ2v) is 6.12. The van der Waals surface area contributed by atoms with E-state index in [1.165, 1.54) is 5.56 Å². The van der Waals surface area contributed by atoms with Crippen LogP contribution in [0, 0.1) is 6.92 Å². The molecule has 3 aromatic rings. The second-order valence-electron chi connectivity index (χ2n) is 5.06. The van der Waals surface area contributed by atoms with Crippen molar-refractivity contribution in [2.45, 2.75) is 25.4 Å². The van der Waals surface area contributed by atoms with E-state index >= 15 is 0 Å². The van der Waals surface area contributed by atoms with E-state index in [1.54, 1.807) is 24.2 Å². The van der Waals surface area contributed by atoms with Gasteiger partial charge in [-0.15, -0.1) is 10.2 Å². The number of nitrogens with zero attached hydrogens (tertiary/aromatic N) is 4. The van der Waals surface area contributed by atoms with E-state index in [9.17, 15) is 0 Å². The molecule has 22 heavy (non-hydrogen) atoms. The lowest BCUT2D eigenvalue weighted by Gasteiger charge is -2.10. The lowest BCUT2D eigenvalue weighted by Crippen LogP contribution is -2.00. The van der Waals surface area contributed by atoms with Gasteiger partial charge >= 0.3 is 0 Å². The largest absolute Gasteiger partial charge is 0.270 e. The van der Waals surface area contributed by atoms with Gasteiger partial charge in [0.15, 0.2) is 11.0 Å². The van der Waals surface area contributed by atoms with Gasteiger partial charge in [0.1, 0.15) is 0 Å². The number of hydrogen-bond donors (Lipinski definition) is 0. The fourth-order valence-corrected chi connectivity index (χ4v) is 2.98. The van der Waals surface area contributed by atoms with Crippen LogP contribution in [0.3, 0.4) is 0 Å². The molecule has 2 heterocycles. The van der Waals surface area contributed by atoms with E-state index in [1.807, 2.05) is 12.1 Å². The van der Waals surface area contributed by atoms with Crippen LogP contribution in [0.2, 0.25) is 0 Å². The Morgan fingerprint density at radius 3 is 2.41 bits per heavy atom. The molecule has 112 valence electrons. The quantitative estimate of drug-likeness (QED) is 0.664. The summed E-state index contributed by atoms with van der Waals surface area (Å²) >= 11 is 1.74. The van der Waals surface area contributed by atoms with Crippen molar-refractivity contribution in [3.05, 3.63) is 54.4 Å². The maximum atomic E-state index is 4.40. The number of aromatic nitrogens is 4. The van der Waals surface area contributed by atoms with Crippen molar-refractivity contribution >= 4 is 11.8 Å². The van der Waals surface area contributed by atoms with Crippen LogP contribution >= 0.6 is 11.8 Å². The minimum atomic E-state index is 0.852. The number of rotatable bonds is 5. The first-order valence-corrected chi connectivity index (χ1v) is 8.34. The molecule has 0 aliphatic heterocycles. The Morgan fingerprint density at radius 1 is 1.00 bits per heavy atom. The average Bonchev–Trinajstić information content (AvgIpc) is 2.98. The van der Waals surface area contributed by atoms with E-state index in [0.29, 0.717) is 0 Å². The fourth-order valence-electron chi connectivity index (χ4n) is 2.17. The Balaban J connectivity index is 2.11. The summed E-state index contributed by atoms with van der Waals surface area (Å²) in [5.41, 5.74) is 3.34. The van der Waals surface area contributed by atoms with Gasteiger partial charge in [-0.3, -0.25) is 9.55 Å². The predicted molar refractivity (Wildman–Crippen MR) is 90.3 cm³/mol. The number of pyridine rings is 1. The topological polar surface area (TPSA) is 43.6 Å². The molecule has 1 aromatic carbocycles. The first-order valence-electron chi connectivity index (χ1n) is 7.35. The zero-order valence-electron chi connectivity index (χ0n) is 12.7. The van der Waals surface area contributed by atoms with E-state index in [2.05, 4.69) is 57.9 Å². The standard InChI is InChI=1S/C17H18N4S/c1-3-12-22-17-20-19-16(14-8-10-18-11-9-14)21(17)15-6-4-13(2)5-7-15/h4-11H,3,12H2,1-2H3. The van der Waals surface area contributed by atoms with Crippen molar-refractivity contribution in [2.24, 2.45) is 0 Å². The van der Waals surface area contributed by atoms with E-state index in [-0.39, 0.29) is 0 Å². The Bertz CT molecular complexity index is 735. The third-order valence-corrected chi connectivity index (χ3v) is 4.43. The zero-order chi connectivity index (χ0) is 15.4. The highest BCUT2D eigenvalue weighted by Crippen LogP contribution is 2.28. The molecule has 0 radical (unpaired) electrons. The van der Waals surface area contributed by atoms with Crippen molar-refractivity contribution in [1.29, 1.82) is 0 Å². The van der Waals surface area contributed by atoms with Crippen LogP contribution in [0.25, 0.3) is 17.1 Å². The summed E-state index contributed by atoms with van der Waals surface area (Å²) in [5, 5.41) is 9.72. The molecule has 4 nitrogen and oxygen atoms in total. The molecule has 0 amide bonds. The van der Waals surface area contributed by atoms with Crippen molar-refractivity contribution < 1.29 is 0 Å². The minimum absolute atomic E-state index is 0.852. The molecule has 0 saturated carbocycles. The lowest BCUT2D eigenvalue weighted by molar-refractivity contribution is 0.883. The van der Waals surface area contributed by atoms with Gasteiger partial charge in [-0.2, -0.15) is 0 Å². The molecular formula is C17H18N4S. The van der Waals surface area contributed by atoms with Gasteiger partial charge in [-0.25, -0.2) is 0 Å². The highest BCUT2D eigenvalue weighted by Gasteiger charge is 2.15. The molecule has 0 bridgehead atoms. The Morgan fingerprint density at radius 2 is 1.73 bits per heavy atom. The lowest BCUT2D eigenvalue weighted by atomic mass is 10.2. The predicted octanol–water partition coefficient (Wildman–Crippen LogP) is 4.14. The van der Waals surface area contributed by atoms with Gasteiger partial charge in [0.25, 0.3) is 0 Å². The molecular weight excluding hydrogens is 292 g/mol. The van der Waals surface area contributed by atoms with Gasteiger partial charge in [0.2, 0.25) is 0 Å². The normalized spacial score (nSPS) is 10.8. The van der Waals surface area contributed by atoms with Crippen LogP contribution in [-0.4, -0.2) is 25.5 Å². The summed E-state index contributed by atoms with van der Waals surface area (Å²) in [4.78, 5) is 4.08. The Hall–Kier alpha value is -2.14. The van der Waals surface area contributed by atoms with Crippen molar-refractivity contribution in [1.82, 2.24) is 19.7 Å². The first kappa shape index (κ1) is 14.8. The molecule has 0 atom stereocenters. The maximum absolute atomic E-state index is 4.40. The van der Waals surface area contributed by atoms with E-state index < -0.39 is 0 Å². The Labute approximate surface area is 134 Å². The molecule has 5 heteroatoms. The number of hydrogen-bond acceptors (Lipinski definition) is 4. The highest BCUT2D eigenvalue weighted by molar-refractivity contribution is 7.99. The van der Waals surface area contributed by atoms with Crippen LogP contribution in [0.15, 0.2) is 53.9 Å². The average molecular weight is 310 g/mol. The van der Waals surface area contributed by atoms with Gasteiger partial charge < -0.3 is 0 Å². The molecule has 0 spiro atoms. The number of thioether (sulfide) groups is 1. The molecule has 2 aromatic heterocycles. The van der Waals surface area contributed by atoms with Crippen molar-refractivity contribution in [2.75, 3.05) is 5.75 Å². The molecule has 0 aliphatic carbocycles. The van der Waals surface area contributed by atoms with Crippen LogP contribution < -0.4 is 0 Å². The van der Waals surface area contributed by atoms with Gasteiger partial charge in [-0.05, 0) is 37.6 Å². The van der Waals surface area contributed by atoms with Crippen LogP contribution in [0.1, 0.15) is 18.9 Å². The first-order chi connectivity index (χ1) is 10.8. The van der Waals surface area contributed by atoms with Gasteiger partial charge in [0, 0.05) is 29.4 Å². The summed E-state index contributed by atoms with van der Waals surface area (Å²) in [6.45, 7) is 4.26. The number of benzene rings is 1. The zero-order valence-corrected chi connectivity index (χ0v) is 13.5. The van der Waals surface area contributed by atoms with Crippen LogP contribution in [0.5, 0.6) is 0 Å². The Kier molecular flexibility index (Phi) is 4.53. The maximum Gasteiger partial charge on any atom is 0.196 e. The van der Waals surface area contributed by atoms with Crippen molar-refractivity contribution in [3.8, 4) is 17.1 Å². The van der Waals surface area contributed by atoms with E-state index in [0.717, 1.165) is 34.4 Å². The highest BCUT2D eigenvalue weighted by atomic mass is 32.2. The monoisotopic (exact) mass is 310 g/mol. The molecule has 0 unspecified atom stereocenters. The third-order valence-electron chi connectivity index (χ3n) is 3.30. The van der Waals surface area contributed by atoms with E-state index in [4.69, 9.17) is 0 Å². The third kappa shape index (κ3) is 3.04. The molecule has 0 aliphatic rings. The molecule has 0 fully saturated rings. The smallest absolute Gasteiger partial charge is 0.196 e. The fraction of sp³-hybridized carbons (Fsp3) is 0.235. The summed E-state index contributed by atoms with van der Waals surface area (Å²) in [7, 11) is 0. The van der Waals surface area contributed by atoms with Crippen molar-refractivity contribution in [3.63, 3.8) is 0 Å². The molecule has 3 rings (SSSR count). The second kappa shape index (κ2) is 6.75. The minimum Gasteiger partial charge on any atom is -0.270 e. The van der Waals surface area contributed by atoms with Gasteiger partial charge in [0.05, 0.1) is 0 Å². The summed E-state index contributed by atoms with van der Waals surface area (Å²) in [6, 6.07) is 12.4. The summed E-state index contributed by atoms with van der Waals surface area (Å²) < 4.78 is 2.12. The summed E-state index contributed by atoms with van der Waals surface area (Å²) in [6.07, 6.45) is 4.67. The molecule has 0 saturated heterocycles. The van der Waals surface area contributed by atoms with Crippen LogP contribution in [0.4, 0.5) is 0 Å². The number of aryl methyl sites for hydroxylation is 1. The SMILES string of the molecule is CCCSc1nnc(-c2ccncc2)n1-c1ccc(C)cc1. The summed E-state index contributed by atoms with van der Waals surface area (Å²) in [5.74, 6) is 1.88. The molecule has 0 N–H and O–H groups in total.